The van der Waals surface area contributed by atoms with E-state index in [2.05, 4.69) is 32.7 Å². The summed E-state index contributed by atoms with van der Waals surface area (Å²) >= 11 is 6.57. The highest BCUT2D eigenvalue weighted by Gasteiger charge is 2.32. The number of anilines is 1. The van der Waals surface area contributed by atoms with Crippen molar-refractivity contribution in [2.45, 2.75) is 96.7 Å². The topological polar surface area (TPSA) is 138 Å². The maximum absolute atomic E-state index is 13.4. The van der Waals surface area contributed by atoms with Gasteiger partial charge >= 0.3 is 0 Å². The molecule has 12 heteroatoms. The lowest BCUT2D eigenvalue weighted by atomic mass is 9.92. The number of H-pyrrole nitrogens is 1. The van der Waals surface area contributed by atoms with Gasteiger partial charge in [-0.1, -0.05) is 96.9 Å². The number of halogens is 1. The molecular formula is C29H43ClN6O4S. The van der Waals surface area contributed by atoms with Crippen LogP contribution in [0.4, 0.5) is 5.69 Å². The molecule has 2 heterocycles. The van der Waals surface area contributed by atoms with Crippen molar-refractivity contribution in [3.63, 3.8) is 0 Å². The Hall–Kier alpha value is -2.92. The molecule has 1 aromatic carbocycles. The predicted molar refractivity (Wildman–Crippen MR) is 164 cm³/mol. The van der Waals surface area contributed by atoms with Gasteiger partial charge in [0.05, 0.1) is 11.4 Å². The summed E-state index contributed by atoms with van der Waals surface area (Å²) < 4.78 is 28.0. The van der Waals surface area contributed by atoms with Crippen LogP contribution in [0.25, 0.3) is 17.0 Å². The van der Waals surface area contributed by atoms with Crippen LogP contribution >= 0.6 is 11.6 Å². The molecule has 0 saturated carbocycles. The van der Waals surface area contributed by atoms with Gasteiger partial charge in [-0.2, -0.15) is 4.63 Å². The number of hydrogen-bond acceptors (Lipinski definition) is 6. The van der Waals surface area contributed by atoms with E-state index >= 15 is 0 Å². The van der Waals surface area contributed by atoms with Crippen LogP contribution in [0, 0.1) is 0 Å². The average molecular weight is 607 g/mol. The number of amides is 2. The van der Waals surface area contributed by atoms with Gasteiger partial charge in [-0.3, -0.25) is 14.7 Å². The number of unbranched alkanes of at least 4 members (excludes halogenated alkanes) is 5. The Morgan fingerprint density at radius 1 is 1.10 bits per heavy atom. The lowest BCUT2D eigenvalue weighted by molar-refractivity contribution is -0.120. The fraction of sp³-hybridized carbons (Fsp3) is 0.586. The molecule has 0 aliphatic carbocycles. The van der Waals surface area contributed by atoms with Gasteiger partial charge in [-0.15, -0.1) is 5.10 Å². The predicted octanol–water partition coefficient (Wildman–Crippen LogP) is 5.67. The van der Waals surface area contributed by atoms with Gasteiger partial charge in [-0.05, 0) is 18.6 Å². The molecule has 0 fully saturated rings. The Labute approximate surface area is 247 Å². The number of aromatic nitrogens is 4. The van der Waals surface area contributed by atoms with Crippen molar-refractivity contribution < 1.29 is 18.0 Å². The number of carbonyl (C=O) groups is 2. The van der Waals surface area contributed by atoms with Crippen molar-refractivity contribution in [3.05, 3.63) is 35.0 Å². The molecule has 3 N–H and O–H groups in total. The highest BCUT2D eigenvalue weighted by Crippen LogP contribution is 2.32. The van der Waals surface area contributed by atoms with Gasteiger partial charge in [0, 0.05) is 29.6 Å². The lowest BCUT2D eigenvalue weighted by Gasteiger charge is -2.18. The SMILES string of the molecule is CCCCCCCCC(C(=O)Nc1cccc(-c2nc3c(Cl)c(C(C)(C)C)[nH]n3n2)c1)S(=O)(=O)CCNC(=O)CC. The van der Waals surface area contributed by atoms with Gasteiger partial charge in [0.2, 0.25) is 11.8 Å². The zero-order chi connectivity index (χ0) is 30.2. The van der Waals surface area contributed by atoms with Crippen LogP contribution in [-0.2, 0) is 24.8 Å². The Balaban J connectivity index is 1.77. The summed E-state index contributed by atoms with van der Waals surface area (Å²) in [5.41, 5.74) is 2.20. The van der Waals surface area contributed by atoms with E-state index in [0.29, 0.717) is 34.2 Å². The fourth-order valence-corrected chi connectivity index (χ4v) is 6.59. The van der Waals surface area contributed by atoms with Gasteiger partial charge < -0.3 is 10.6 Å². The van der Waals surface area contributed by atoms with E-state index in [1.807, 2.05) is 26.8 Å². The third-order valence-corrected chi connectivity index (χ3v) is 9.40. The average Bonchev–Trinajstić information content (AvgIpc) is 3.47. The highest BCUT2D eigenvalue weighted by atomic mass is 35.5. The minimum atomic E-state index is -3.81. The van der Waals surface area contributed by atoms with Crippen LogP contribution in [0.5, 0.6) is 0 Å². The highest BCUT2D eigenvalue weighted by molar-refractivity contribution is 7.92. The van der Waals surface area contributed by atoms with Crippen molar-refractivity contribution >= 4 is 44.6 Å². The van der Waals surface area contributed by atoms with Gasteiger partial charge in [0.1, 0.15) is 10.3 Å². The summed E-state index contributed by atoms with van der Waals surface area (Å²) in [7, 11) is -3.81. The first-order valence-corrected chi connectivity index (χ1v) is 16.5. The molecule has 3 rings (SSSR count). The summed E-state index contributed by atoms with van der Waals surface area (Å²) in [5, 5.41) is 12.4. The molecule has 0 aliphatic heterocycles. The number of sulfone groups is 1. The first kappa shape index (κ1) is 32.6. The molecule has 0 bridgehead atoms. The van der Waals surface area contributed by atoms with E-state index in [1.54, 1.807) is 25.1 Å². The Morgan fingerprint density at radius 2 is 1.80 bits per heavy atom. The maximum atomic E-state index is 13.4. The van der Waals surface area contributed by atoms with Gasteiger partial charge in [-0.25, -0.2) is 13.4 Å². The van der Waals surface area contributed by atoms with E-state index < -0.39 is 21.0 Å². The summed E-state index contributed by atoms with van der Waals surface area (Å²) in [6, 6.07) is 6.97. The summed E-state index contributed by atoms with van der Waals surface area (Å²) in [6.45, 7) is 9.93. The molecule has 2 amide bonds. The van der Waals surface area contributed by atoms with Crippen molar-refractivity contribution in [1.29, 1.82) is 0 Å². The molecule has 0 saturated heterocycles. The minimum Gasteiger partial charge on any atom is -0.355 e. The Kier molecular flexibility index (Phi) is 11.4. The quantitative estimate of drug-likeness (QED) is 0.190. The molecule has 2 aromatic heterocycles. The van der Waals surface area contributed by atoms with E-state index in [4.69, 9.17) is 11.6 Å². The van der Waals surface area contributed by atoms with Crippen LogP contribution in [0.15, 0.2) is 24.3 Å². The molecule has 0 radical (unpaired) electrons. The van der Waals surface area contributed by atoms with Gasteiger partial charge in [0.15, 0.2) is 21.3 Å². The molecule has 0 spiro atoms. The molecule has 41 heavy (non-hydrogen) atoms. The number of hydrogen-bond donors (Lipinski definition) is 3. The molecule has 0 aliphatic rings. The molecule has 1 atom stereocenters. The first-order chi connectivity index (χ1) is 19.4. The van der Waals surface area contributed by atoms with Crippen LogP contribution in [0.3, 0.4) is 0 Å². The fourth-order valence-electron chi connectivity index (χ4n) is 4.56. The van der Waals surface area contributed by atoms with Crippen molar-refractivity contribution in [2.24, 2.45) is 0 Å². The summed E-state index contributed by atoms with van der Waals surface area (Å²) in [5.74, 6) is -0.693. The third-order valence-electron chi connectivity index (χ3n) is 6.95. The minimum absolute atomic E-state index is 0.0244. The first-order valence-electron chi connectivity index (χ1n) is 14.4. The van der Waals surface area contributed by atoms with E-state index in [-0.39, 0.29) is 36.5 Å². The third kappa shape index (κ3) is 8.78. The summed E-state index contributed by atoms with van der Waals surface area (Å²) in [6.07, 6.45) is 6.34. The van der Waals surface area contributed by atoms with Crippen LogP contribution in [0.2, 0.25) is 5.02 Å². The zero-order valence-corrected chi connectivity index (χ0v) is 26.3. The zero-order valence-electron chi connectivity index (χ0n) is 24.7. The Bertz CT molecular complexity index is 1440. The largest absolute Gasteiger partial charge is 0.355 e. The second kappa shape index (κ2) is 14.3. The maximum Gasteiger partial charge on any atom is 0.242 e. The van der Waals surface area contributed by atoms with E-state index in [1.165, 1.54) is 4.63 Å². The Morgan fingerprint density at radius 3 is 2.46 bits per heavy atom. The molecule has 226 valence electrons. The van der Waals surface area contributed by atoms with Crippen molar-refractivity contribution in [3.8, 4) is 11.4 Å². The molecule has 10 nitrogen and oxygen atoms in total. The number of fused-ring (bicyclic) bond motifs is 1. The lowest BCUT2D eigenvalue weighted by Crippen LogP contribution is -2.39. The van der Waals surface area contributed by atoms with E-state index in [9.17, 15) is 18.0 Å². The smallest absolute Gasteiger partial charge is 0.242 e. The van der Waals surface area contributed by atoms with Crippen LogP contribution < -0.4 is 10.6 Å². The second-order valence-corrected chi connectivity index (χ2v) is 14.1. The number of rotatable bonds is 15. The number of aromatic amines is 1. The number of benzene rings is 1. The van der Waals surface area contributed by atoms with Crippen LogP contribution in [0.1, 0.15) is 91.7 Å². The molecule has 1 unspecified atom stereocenters. The van der Waals surface area contributed by atoms with Crippen molar-refractivity contribution in [1.82, 2.24) is 25.1 Å². The number of nitrogens with one attached hydrogen (secondary N) is 3. The van der Waals surface area contributed by atoms with Gasteiger partial charge in [0.25, 0.3) is 0 Å². The summed E-state index contributed by atoms with van der Waals surface area (Å²) in [4.78, 5) is 29.6. The normalized spacial score (nSPS) is 12.9. The molecule has 3 aromatic rings. The second-order valence-electron chi connectivity index (χ2n) is 11.4. The van der Waals surface area contributed by atoms with E-state index in [0.717, 1.165) is 37.8 Å². The number of nitrogens with zero attached hydrogens (tertiary/aromatic N) is 3. The number of carbonyl (C=O) groups excluding carboxylic acids is 2. The monoisotopic (exact) mass is 606 g/mol. The standard InChI is InChI=1S/C29H43ClN6O4S/c1-6-8-9-10-11-12-16-22(41(39,40)18-17-31-23(37)7-2)28(38)32-21-15-13-14-20(19-21)26-33-27-24(30)25(29(3,4)5)34-36(27)35-26/h13-15,19,22,34H,6-12,16-18H2,1-5H3,(H,31,37)(H,32,38). The van der Waals surface area contributed by atoms with Crippen molar-refractivity contribution in [2.75, 3.05) is 17.6 Å². The molecular weight excluding hydrogens is 564 g/mol. The van der Waals surface area contributed by atoms with Crippen LogP contribution in [-0.4, -0.2) is 57.6 Å².